The summed E-state index contributed by atoms with van der Waals surface area (Å²) < 4.78 is 15.9. The maximum absolute atomic E-state index is 13.5. The summed E-state index contributed by atoms with van der Waals surface area (Å²) in [5, 5.41) is 22.2. The molecule has 2 aromatic rings. The summed E-state index contributed by atoms with van der Waals surface area (Å²) in [6.45, 7) is 2.44. The number of phenolic OH excluding ortho intramolecular Hbond substituents is 2. The average Bonchev–Trinajstić information content (AvgIpc) is 2.78. The summed E-state index contributed by atoms with van der Waals surface area (Å²) in [5.74, 6) is -3.31. The smallest absolute Gasteiger partial charge is 0.303 e. The molecule has 2 aliphatic rings. The van der Waals surface area contributed by atoms with E-state index in [4.69, 9.17) is 14.2 Å². The number of ketones is 3. The third-order valence-corrected chi connectivity index (χ3v) is 6.36. The lowest BCUT2D eigenvalue weighted by molar-refractivity contribution is -0.166. The summed E-state index contributed by atoms with van der Waals surface area (Å²) >= 11 is 0. The van der Waals surface area contributed by atoms with Crippen LogP contribution in [0.15, 0.2) is 12.1 Å². The zero-order chi connectivity index (χ0) is 24.2. The van der Waals surface area contributed by atoms with Crippen LogP contribution in [-0.4, -0.2) is 53.4 Å². The first-order chi connectivity index (χ1) is 15.6. The Kier molecular flexibility index (Phi) is 5.15. The Morgan fingerprint density at radius 2 is 1.33 bits per heavy atom. The first-order valence-electron chi connectivity index (χ1n) is 10.2. The van der Waals surface area contributed by atoms with E-state index in [1.807, 2.05) is 0 Å². The minimum Gasteiger partial charge on any atom is -0.507 e. The Hall–Kier alpha value is -3.88. The Balaban J connectivity index is 1.99. The van der Waals surface area contributed by atoms with Crippen LogP contribution in [0, 0.1) is 0 Å². The van der Waals surface area contributed by atoms with E-state index < -0.39 is 46.0 Å². The lowest BCUT2D eigenvalue weighted by atomic mass is 9.73. The van der Waals surface area contributed by atoms with Crippen molar-refractivity contribution in [1.29, 1.82) is 0 Å². The molecule has 2 aromatic carbocycles. The van der Waals surface area contributed by atoms with Gasteiger partial charge in [0.1, 0.15) is 23.0 Å². The van der Waals surface area contributed by atoms with Crippen molar-refractivity contribution in [1.82, 2.24) is 0 Å². The van der Waals surface area contributed by atoms with Gasteiger partial charge < -0.3 is 24.4 Å². The number of rotatable bonds is 4. The van der Waals surface area contributed by atoms with E-state index in [-0.39, 0.29) is 58.6 Å². The molecule has 0 fully saturated rings. The number of ether oxygens (including phenoxy) is 3. The van der Waals surface area contributed by atoms with Crippen molar-refractivity contribution in [3.8, 4) is 23.0 Å². The van der Waals surface area contributed by atoms with Gasteiger partial charge in [-0.2, -0.15) is 0 Å². The van der Waals surface area contributed by atoms with Gasteiger partial charge in [-0.15, -0.1) is 0 Å². The van der Waals surface area contributed by atoms with Crippen LogP contribution in [0.4, 0.5) is 0 Å². The summed E-state index contributed by atoms with van der Waals surface area (Å²) in [4.78, 5) is 51.1. The van der Waals surface area contributed by atoms with Crippen LogP contribution in [-0.2, 0) is 27.2 Å². The fraction of sp³-hybridized carbons (Fsp3) is 0.333. The first-order valence-corrected chi connectivity index (χ1v) is 10.2. The molecule has 9 nitrogen and oxygen atoms in total. The van der Waals surface area contributed by atoms with E-state index in [0.29, 0.717) is 0 Å². The highest BCUT2D eigenvalue weighted by Crippen LogP contribution is 2.50. The van der Waals surface area contributed by atoms with Gasteiger partial charge in [0.05, 0.1) is 36.5 Å². The number of hydrogen-bond donors (Lipinski definition) is 2. The van der Waals surface area contributed by atoms with Crippen molar-refractivity contribution in [3.05, 3.63) is 45.5 Å². The van der Waals surface area contributed by atoms with Crippen LogP contribution < -0.4 is 9.47 Å². The number of esters is 1. The molecule has 2 N–H and O–H groups in total. The molecule has 33 heavy (non-hydrogen) atoms. The lowest BCUT2D eigenvalue weighted by Crippen LogP contribution is -2.46. The second-order valence-electron chi connectivity index (χ2n) is 8.10. The lowest BCUT2D eigenvalue weighted by Gasteiger charge is -2.37. The number of fused-ring (bicyclic) bond motifs is 3. The van der Waals surface area contributed by atoms with E-state index in [1.165, 1.54) is 40.2 Å². The molecule has 0 bridgehead atoms. The van der Waals surface area contributed by atoms with Crippen molar-refractivity contribution in [2.75, 3.05) is 14.2 Å². The molecule has 0 saturated heterocycles. The molecule has 0 aromatic heterocycles. The quantitative estimate of drug-likeness (QED) is 0.449. The maximum Gasteiger partial charge on any atom is 0.303 e. The Labute approximate surface area is 188 Å². The third kappa shape index (κ3) is 3.06. The highest BCUT2D eigenvalue weighted by molar-refractivity contribution is 6.32. The molecule has 0 spiro atoms. The Morgan fingerprint density at radius 3 is 1.76 bits per heavy atom. The number of carbonyl (C=O) groups is 4. The molecule has 0 aliphatic heterocycles. The van der Waals surface area contributed by atoms with E-state index in [9.17, 15) is 29.4 Å². The predicted molar refractivity (Wildman–Crippen MR) is 113 cm³/mol. The molecular formula is C24H22O9. The minimum absolute atomic E-state index is 0.0401. The highest BCUT2D eigenvalue weighted by Gasteiger charge is 2.47. The van der Waals surface area contributed by atoms with Gasteiger partial charge in [-0.05, 0) is 31.9 Å². The van der Waals surface area contributed by atoms with Crippen LogP contribution >= 0.6 is 0 Å². The number of hydrogen-bond acceptors (Lipinski definition) is 9. The Bertz CT molecular complexity index is 1260. The summed E-state index contributed by atoms with van der Waals surface area (Å²) in [5.41, 5.74) is -2.13. The fourth-order valence-corrected chi connectivity index (χ4v) is 4.77. The second-order valence-corrected chi connectivity index (χ2v) is 8.10. The Morgan fingerprint density at radius 1 is 0.848 bits per heavy atom. The van der Waals surface area contributed by atoms with Gasteiger partial charge in [0.15, 0.2) is 11.4 Å². The van der Waals surface area contributed by atoms with E-state index in [1.54, 1.807) is 0 Å². The number of methoxy groups -OCH3 is 2. The summed E-state index contributed by atoms with van der Waals surface area (Å²) in [6.07, 6.45) is -0.150. The molecule has 0 heterocycles. The molecule has 1 unspecified atom stereocenters. The zero-order valence-electron chi connectivity index (χ0n) is 18.5. The van der Waals surface area contributed by atoms with Crippen LogP contribution in [0.1, 0.15) is 63.2 Å². The van der Waals surface area contributed by atoms with Crippen molar-refractivity contribution < 1.29 is 43.6 Å². The van der Waals surface area contributed by atoms with Gasteiger partial charge in [0.25, 0.3) is 0 Å². The molecule has 0 amide bonds. The molecule has 1 atom stereocenters. The molecule has 0 saturated carbocycles. The third-order valence-electron chi connectivity index (χ3n) is 6.36. The molecule has 4 rings (SSSR count). The molecule has 2 aliphatic carbocycles. The topological polar surface area (TPSA) is 136 Å². The van der Waals surface area contributed by atoms with Crippen LogP contribution in [0.25, 0.3) is 0 Å². The van der Waals surface area contributed by atoms with Gasteiger partial charge in [-0.25, -0.2) is 0 Å². The van der Waals surface area contributed by atoms with E-state index in [0.717, 1.165) is 0 Å². The maximum atomic E-state index is 13.5. The van der Waals surface area contributed by atoms with Gasteiger partial charge >= 0.3 is 5.97 Å². The number of phenols is 2. The number of benzene rings is 2. The van der Waals surface area contributed by atoms with Crippen molar-refractivity contribution in [2.24, 2.45) is 0 Å². The van der Waals surface area contributed by atoms with Gasteiger partial charge in [0.2, 0.25) is 11.6 Å². The van der Waals surface area contributed by atoms with Crippen molar-refractivity contribution in [2.45, 2.75) is 38.7 Å². The van der Waals surface area contributed by atoms with Crippen molar-refractivity contribution >= 4 is 23.3 Å². The SMILES string of the molecule is COc1ccc(OC)c2c1C(=O)c1c(O)c3c(c(O)c1C2=O)CC(OC(C)=O)(C(C)=O)CC3. The average molecular weight is 454 g/mol. The summed E-state index contributed by atoms with van der Waals surface area (Å²) in [7, 11) is 2.68. The van der Waals surface area contributed by atoms with Crippen LogP contribution in [0.3, 0.4) is 0 Å². The minimum atomic E-state index is -1.54. The molecule has 9 heteroatoms. The van der Waals surface area contributed by atoms with Gasteiger partial charge in [-0.1, -0.05) is 0 Å². The van der Waals surface area contributed by atoms with Crippen molar-refractivity contribution in [3.63, 3.8) is 0 Å². The molecular weight excluding hydrogens is 432 g/mol. The second kappa shape index (κ2) is 7.61. The predicted octanol–water partition coefficient (Wildman–Crippen LogP) is 2.27. The highest BCUT2D eigenvalue weighted by atomic mass is 16.6. The molecule has 0 radical (unpaired) electrons. The molecule has 172 valence electrons. The number of aromatic hydroxyl groups is 2. The summed E-state index contributed by atoms with van der Waals surface area (Å²) in [6, 6.07) is 2.94. The van der Waals surface area contributed by atoms with Crippen LogP contribution in [0.2, 0.25) is 0 Å². The van der Waals surface area contributed by atoms with Crippen LogP contribution in [0.5, 0.6) is 23.0 Å². The van der Waals surface area contributed by atoms with E-state index in [2.05, 4.69) is 0 Å². The number of Topliss-reactive ketones (excluding diaryl/α,β-unsaturated/α-hetero) is 1. The normalized spacial score (nSPS) is 18.7. The number of carbonyl (C=O) groups excluding carboxylic acids is 4. The largest absolute Gasteiger partial charge is 0.507 e. The van der Waals surface area contributed by atoms with Gasteiger partial charge in [-0.3, -0.25) is 19.2 Å². The first kappa shape index (κ1) is 22.3. The van der Waals surface area contributed by atoms with Gasteiger partial charge in [0, 0.05) is 24.5 Å². The zero-order valence-corrected chi connectivity index (χ0v) is 18.5. The van der Waals surface area contributed by atoms with E-state index >= 15 is 0 Å². The fourth-order valence-electron chi connectivity index (χ4n) is 4.77. The monoisotopic (exact) mass is 454 g/mol. The standard InChI is InChI=1S/C24H22O9/c1-10(25)24(33-11(2)26)8-7-12-13(9-24)21(28)19-18(20(12)27)22(29)16-14(31-3)5-6-15(32-4)17(16)23(19)30/h5-6,27-28H,7-9H2,1-4H3.